The highest BCUT2D eigenvalue weighted by atomic mass is 79.9. The molecule has 1 aliphatic rings. The van der Waals surface area contributed by atoms with Crippen LogP contribution in [0.4, 0.5) is 0 Å². The van der Waals surface area contributed by atoms with Crippen LogP contribution in [0.1, 0.15) is 0 Å². The van der Waals surface area contributed by atoms with Crippen molar-refractivity contribution < 1.29 is 4.79 Å². The van der Waals surface area contributed by atoms with Crippen LogP contribution in [0.2, 0.25) is 0 Å². The van der Waals surface area contributed by atoms with Gasteiger partial charge in [-0.25, -0.2) is 4.68 Å². The lowest BCUT2D eigenvalue weighted by atomic mass is 10.3. The summed E-state index contributed by atoms with van der Waals surface area (Å²) < 4.78 is 3.20. The molecule has 2 heterocycles. The molecule has 94 valence electrons. The molecule has 17 heavy (non-hydrogen) atoms. The molecule has 0 unspecified atom stereocenters. The molecule has 1 aliphatic heterocycles. The van der Waals surface area contributed by atoms with Crippen LogP contribution in [-0.2, 0) is 11.3 Å². The highest BCUT2D eigenvalue weighted by Crippen LogP contribution is 2.16. The Balaban J connectivity index is 1.95. The van der Waals surface area contributed by atoms with Crippen LogP contribution in [0.25, 0.3) is 0 Å². The zero-order valence-electron chi connectivity index (χ0n) is 9.57. The first-order valence-corrected chi connectivity index (χ1v) is 7.00. The number of carbonyl (C=O) groups is 1. The molecule has 1 saturated heterocycles. The number of halogens is 2. The van der Waals surface area contributed by atoms with Crippen molar-refractivity contribution >= 4 is 37.8 Å². The maximum Gasteiger partial charge on any atom is 0.244 e. The van der Waals surface area contributed by atoms with E-state index in [2.05, 4.69) is 48.9 Å². The molecular weight excluding hydrogens is 352 g/mol. The second-order valence-electron chi connectivity index (χ2n) is 4.13. The van der Waals surface area contributed by atoms with Gasteiger partial charge in [-0.3, -0.25) is 4.79 Å². The normalized spacial score (nSPS) is 17.5. The molecule has 0 N–H and O–H groups in total. The molecule has 5 nitrogen and oxygen atoms in total. The number of carbonyl (C=O) groups excluding carboxylic acids is 1. The SMILES string of the molecule is CN1CCN(C(=O)Cn2nc(Br)cc2Br)CC1. The van der Waals surface area contributed by atoms with Gasteiger partial charge in [-0.2, -0.15) is 5.10 Å². The van der Waals surface area contributed by atoms with Gasteiger partial charge in [0.15, 0.2) is 0 Å². The van der Waals surface area contributed by atoms with Crippen LogP contribution < -0.4 is 0 Å². The highest BCUT2D eigenvalue weighted by Gasteiger charge is 2.20. The average Bonchev–Trinajstić information content (AvgIpc) is 2.58. The van der Waals surface area contributed by atoms with Crippen LogP contribution in [0.15, 0.2) is 15.3 Å². The van der Waals surface area contributed by atoms with Crippen molar-refractivity contribution in [2.75, 3.05) is 33.2 Å². The molecule has 1 aromatic rings. The molecule has 0 radical (unpaired) electrons. The standard InChI is InChI=1S/C10H14Br2N4O/c1-14-2-4-15(5-3-14)10(17)7-16-9(12)6-8(11)13-16/h6H,2-5,7H2,1H3. The maximum absolute atomic E-state index is 12.0. The van der Waals surface area contributed by atoms with Gasteiger partial charge >= 0.3 is 0 Å². The zero-order valence-corrected chi connectivity index (χ0v) is 12.7. The van der Waals surface area contributed by atoms with Gasteiger partial charge in [0.2, 0.25) is 5.91 Å². The molecule has 0 aliphatic carbocycles. The van der Waals surface area contributed by atoms with Crippen LogP contribution in [0.3, 0.4) is 0 Å². The Kier molecular flexibility index (Phi) is 4.22. The number of rotatable bonds is 2. The van der Waals surface area contributed by atoms with Gasteiger partial charge in [0.1, 0.15) is 15.8 Å². The van der Waals surface area contributed by atoms with E-state index in [1.54, 1.807) is 4.68 Å². The second kappa shape index (κ2) is 5.49. The Hall–Kier alpha value is -0.400. The number of likely N-dealkylation sites (N-methyl/N-ethyl adjacent to an activating group) is 1. The average molecular weight is 366 g/mol. The van der Waals surface area contributed by atoms with Crippen molar-refractivity contribution in [1.29, 1.82) is 0 Å². The quantitative estimate of drug-likeness (QED) is 0.790. The minimum absolute atomic E-state index is 0.120. The van der Waals surface area contributed by atoms with E-state index in [0.717, 1.165) is 35.4 Å². The fourth-order valence-corrected chi connectivity index (χ4v) is 2.90. The third-order valence-corrected chi connectivity index (χ3v) is 3.87. The molecule has 0 spiro atoms. The largest absolute Gasteiger partial charge is 0.339 e. The zero-order chi connectivity index (χ0) is 12.4. The molecule has 0 aromatic carbocycles. The number of piperazine rings is 1. The van der Waals surface area contributed by atoms with Gasteiger partial charge in [-0.1, -0.05) is 0 Å². The fourth-order valence-electron chi connectivity index (χ4n) is 1.76. The minimum Gasteiger partial charge on any atom is -0.339 e. The summed E-state index contributed by atoms with van der Waals surface area (Å²) in [4.78, 5) is 16.2. The van der Waals surface area contributed by atoms with Crippen molar-refractivity contribution in [3.05, 3.63) is 15.3 Å². The summed E-state index contributed by atoms with van der Waals surface area (Å²) in [6, 6.07) is 1.83. The van der Waals surface area contributed by atoms with Gasteiger partial charge in [0.05, 0.1) is 0 Å². The number of hydrogen-bond donors (Lipinski definition) is 0. The van der Waals surface area contributed by atoms with Gasteiger partial charge < -0.3 is 9.80 Å². The lowest BCUT2D eigenvalue weighted by Crippen LogP contribution is -2.48. The molecule has 1 fully saturated rings. The smallest absolute Gasteiger partial charge is 0.244 e. The van der Waals surface area contributed by atoms with Gasteiger partial charge in [-0.05, 0) is 38.9 Å². The molecule has 1 aromatic heterocycles. The second-order valence-corrected chi connectivity index (χ2v) is 5.76. The maximum atomic E-state index is 12.0. The summed E-state index contributed by atoms with van der Waals surface area (Å²) in [6.07, 6.45) is 0. The Morgan fingerprint density at radius 3 is 2.53 bits per heavy atom. The van der Waals surface area contributed by atoms with Crippen LogP contribution >= 0.6 is 31.9 Å². The van der Waals surface area contributed by atoms with Crippen molar-refractivity contribution in [2.45, 2.75) is 6.54 Å². The number of amides is 1. The highest BCUT2D eigenvalue weighted by molar-refractivity contribution is 9.11. The van der Waals surface area contributed by atoms with Crippen molar-refractivity contribution in [3.8, 4) is 0 Å². The topological polar surface area (TPSA) is 41.4 Å². The van der Waals surface area contributed by atoms with E-state index in [1.165, 1.54) is 0 Å². The van der Waals surface area contributed by atoms with Crippen LogP contribution in [0, 0.1) is 0 Å². The fraction of sp³-hybridized carbons (Fsp3) is 0.600. The van der Waals surface area contributed by atoms with E-state index in [-0.39, 0.29) is 12.5 Å². The summed E-state index contributed by atoms with van der Waals surface area (Å²) in [7, 11) is 2.07. The third kappa shape index (κ3) is 3.29. The van der Waals surface area contributed by atoms with Gasteiger partial charge in [-0.15, -0.1) is 0 Å². The van der Waals surface area contributed by atoms with E-state index in [1.807, 2.05) is 11.0 Å². The van der Waals surface area contributed by atoms with Gasteiger partial charge in [0, 0.05) is 32.2 Å². The summed E-state index contributed by atoms with van der Waals surface area (Å²) in [6.45, 7) is 3.77. The third-order valence-electron chi connectivity index (χ3n) is 2.84. The summed E-state index contributed by atoms with van der Waals surface area (Å²) in [5.74, 6) is 0.120. The van der Waals surface area contributed by atoms with Crippen molar-refractivity contribution in [3.63, 3.8) is 0 Å². The first kappa shape index (κ1) is 13.0. The summed E-state index contributed by atoms with van der Waals surface area (Å²) >= 11 is 6.65. The predicted molar refractivity (Wildman–Crippen MR) is 71.7 cm³/mol. The van der Waals surface area contributed by atoms with Gasteiger partial charge in [0.25, 0.3) is 0 Å². The molecule has 0 bridgehead atoms. The first-order chi connectivity index (χ1) is 8.06. The number of hydrogen-bond acceptors (Lipinski definition) is 3. The lowest BCUT2D eigenvalue weighted by molar-refractivity contribution is -0.133. The van der Waals surface area contributed by atoms with Crippen LogP contribution in [0.5, 0.6) is 0 Å². The molecule has 1 amide bonds. The van der Waals surface area contributed by atoms with E-state index < -0.39 is 0 Å². The summed E-state index contributed by atoms with van der Waals surface area (Å²) in [5.41, 5.74) is 0. The predicted octanol–water partition coefficient (Wildman–Crippen LogP) is 1.18. The molecule has 0 saturated carbocycles. The Bertz CT molecular complexity index is 412. The van der Waals surface area contributed by atoms with E-state index >= 15 is 0 Å². The Labute approximate surface area is 117 Å². The minimum atomic E-state index is 0.120. The van der Waals surface area contributed by atoms with E-state index in [0.29, 0.717) is 0 Å². The molecule has 0 atom stereocenters. The van der Waals surface area contributed by atoms with E-state index in [4.69, 9.17) is 0 Å². The molecule has 2 rings (SSSR count). The summed E-state index contributed by atoms with van der Waals surface area (Å²) in [5, 5.41) is 4.19. The van der Waals surface area contributed by atoms with Crippen molar-refractivity contribution in [2.24, 2.45) is 0 Å². The number of nitrogens with zero attached hydrogens (tertiary/aromatic N) is 4. The Morgan fingerprint density at radius 2 is 2.00 bits per heavy atom. The Morgan fingerprint density at radius 1 is 1.35 bits per heavy atom. The monoisotopic (exact) mass is 364 g/mol. The molecule has 7 heteroatoms. The lowest BCUT2D eigenvalue weighted by Gasteiger charge is -2.32. The van der Waals surface area contributed by atoms with Crippen molar-refractivity contribution in [1.82, 2.24) is 19.6 Å². The number of aromatic nitrogens is 2. The van der Waals surface area contributed by atoms with E-state index in [9.17, 15) is 4.79 Å². The molecular formula is C10H14Br2N4O. The van der Waals surface area contributed by atoms with Crippen LogP contribution in [-0.4, -0.2) is 58.7 Å². The first-order valence-electron chi connectivity index (χ1n) is 5.41.